The number of aryl methyl sites for hydroxylation is 1. The van der Waals surface area contributed by atoms with Crippen LogP contribution in [0.4, 0.5) is 0 Å². The Labute approximate surface area is 120 Å². The molecule has 1 aliphatic heterocycles. The zero-order chi connectivity index (χ0) is 13.8. The minimum atomic E-state index is 0.293. The SMILES string of the molecule is Cc1ccc(C(=O)CN2CCCC(C(C)C)CC2)s1. The van der Waals surface area contributed by atoms with E-state index in [9.17, 15) is 4.79 Å². The number of thiophene rings is 1. The van der Waals surface area contributed by atoms with Crippen LogP contribution in [0.1, 0.15) is 47.7 Å². The van der Waals surface area contributed by atoms with Crippen molar-refractivity contribution in [3.63, 3.8) is 0 Å². The maximum atomic E-state index is 12.2. The molecule has 0 spiro atoms. The molecule has 2 nitrogen and oxygen atoms in total. The van der Waals surface area contributed by atoms with Crippen molar-refractivity contribution >= 4 is 17.1 Å². The van der Waals surface area contributed by atoms with Gasteiger partial charge >= 0.3 is 0 Å². The van der Waals surface area contributed by atoms with Crippen LogP contribution in [-0.4, -0.2) is 30.3 Å². The van der Waals surface area contributed by atoms with E-state index in [0.29, 0.717) is 12.3 Å². The molecule has 0 saturated carbocycles. The summed E-state index contributed by atoms with van der Waals surface area (Å²) in [5.74, 6) is 1.90. The summed E-state index contributed by atoms with van der Waals surface area (Å²) in [7, 11) is 0. The molecule has 106 valence electrons. The van der Waals surface area contributed by atoms with Gasteiger partial charge in [-0.1, -0.05) is 13.8 Å². The lowest BCUT2D eigenvalue weighted by molar-refractivity contribution is 0.0936. The molecule has 0 aliphatic carbocycles. The van der Waals surface area contributed by atoms with E-state index in [1.807, 2.05) is 12.1 Å². The number of likely N-dealkylation sites (tertiary alicyclic amines) is 1. The number of rotatable bonds is 4. The van der Waals surface area contributed by atoms with E-state index < -0.39 is 0 Å². The van der Waals surface area contributed by atoms with Crippen molar-refractivity contribution in [1.29, 1.82) is 0 Å². The molecule has 19 heavy (non-hydrogen) atoms. The molecular weight excluding hydrogens is 254 g/mol. The van der Waals surface area contributed by atoms with Gasteiger partial charge in [-0.3, -0.25) is 9.69 Å². The van der Waals surface area contributed by atoms with Crippen molar-refractivity contribution < 1.29 is 4.79 Å². The number of hydrogen-bond acceptors (Lipinski definition) is 3. The van der Waals surface area contributed by atoms with Crippen molar-refractivity contribution in [1.82, 2.24) is 4.90 Å². The summed E-state index contributed by atoms with van der Waals surface area (Å²) in [5.41, 5.74) is 0. The molecule has 0 aromatic carbocycles. The molecular formula is C16H25NOS. The van der Waals surface area contributed by atoms with E-state index in [4.69, 9.17) is 0 Å². The first-order valence-electron chi connectivity index (χ1n) is 7.38. The largest absolute Gasteiger partial charge is 0.296 e. The van der Waals surface area contributed by atoms with Crippen LogP contribution in [0.3, 0.4) is 0 Å². The standard InChI is InChI=1S/C16H25NOS/c1-12(2)14-5-4-9-17(10-8-14)11-15(18)16-7-6-13(3)19-16/h6-7,12,14H,4-5,8-11H2,1-3H3. The van der Waals surface area contributed by atoms with Gasteiger partial charge < -0.3 is 0 Å². The quantitative estimate of drug-likeness (QED) is 0.777. The topological polar surface area (TPSA) is 20.3 Å². The Balaban J connectivity index is 1.87. The summed E-state index contributed by atoms with van der Waals surface area (Å²) < 4.78 is 0. The third kappa shape index (κ3) is 4.15. The van der Waals surface area contributed by atoms with E-state index >= 15 is 0 Å². The third-order valence-electron chi connectivity index (χ3n) is 4.19. The van der Waals surface area contributed by atoms with E-state index in [0.717, 1.165) is 29.8 Å². The Morgan fingerprint density at radius 1 is 1.37 bits per heavy atom. The number of Topliss-reactive ketones (excluding diaryl/α,β-unsaturated/α-hetero) is 1. The Hall–Kier alpha value is -0.670. The first kappa shape index (κ1) is 14.7. The van der Waals surface area contributed by atoms with Crippen molar-refractivity contribution in [2.45, 2.75) is 40.0 Å². The average molecular weight is 279 g/mol. The molecule has 1 fully saturated rings. The number of nitrogens with zero attached hydrogens (tertiary/aromatic N) is 1. The number of ketones is 1. The van der Waals surface area contributed by atoms with Gasteiger partial charge in [-0.15, -0.1) is 11.3 Å². The zero-order valence-corrected chi connectivity index (χ0v) is 13.1. The van der Waals surface area contributed by atoms with E-state index in [2.05, 4.69) is 25.7 Å². The smallest absolute Gasteiger partial charge is 0.186 e. The molecule has 2 rings (SSSR count). The highest BCUT2D eigenvalue weighted by Gasteiger charge is 2.21. The van der Waals surface area contributed by atoms with Crippen molar-refractivity contribution in [2.75, 3.05) is 19.6 Å². The monoisotopic (exact) mass is 279 g/mol. The normalized spacial score (nSPS) is 21.6. The molecule has 2 heterocycles. The fourth-order valence-electron chi connectivity index (χ4n) is 2.87. The highest BCUT2D eigenvalue weighted by Crippen LogP contribution is 2.25. The minimum Gasteiger partial charge on any atom is -0.296 e. The fraction of sp³-hybridized carbons (Fsp3) is 0.688. The maximum Gasteiger partial charge on any atom is 0.186 e. The first-order chi connectivity index (χ1) is 9.06. The van der Waals surface area contributed by atoms with Gasteiger partial charge in [0.1, 0.15) is 0 Å². The first-order valence-corrected chi connectivity index (χ1v) is 8.20. The summed E-state index contributed by atoms with van der Waals surface area (Å²) in [5, 5.41) is 0. The lowest BCUT2D eigenvalue weighted by Gasteiger charge is -2.20. The van der Waals surface area contributed by atoms with Crippen LogP contribution in [0.25, 0.3) is 0 Å². The number of carbonyl (C=O) groups is 1. The summed E-state index contributed by atoms with van der Waals surface area (Å²) in [6, 6.07) is 4.01. The van der Waals surface area contributed by atoms with Crippen LogP contribution in [0.2, 0.25) is 0 Å². The zero-order valence-electron chi connectivity index (χ0n) is 12.3. The van der Waals surface area contributed by atoms with Crippen LogP contribution in [0, 0.1) is 18.8 Å². The summed E-state index contributed by atoms with van der Waals surface area (Å²) in [4.78, 5) is 16.7. The van der Waals surface area contributed by atoms with Gasteiger partial charge in [-0.2, -0.15) is 0 Å². The predicted octanol–water partition coefficient (Wildman–Crippen LogP) is 4.00. The molecule has 0 N–H and O–H groups in total. The Morgan fingerprint density at radius 2 is 2.16 bits per heavy atom. The second-order valence-electron chi connectivity index (χ2n) is 6.04. The number of carbonyl (C=O) groups excluding carboxylic acids is 1. The van der Waals surface area contributed by atoms with Gasteiger partial charge in [-0.05, 0) is 63.2 Å². The molecule has 1 aromatic heterocycles. The molecule has 3 heteroatoms. The molecule has 1 saturated heterocycles. The van der Waals surface area contributed by atoms with Crippen LogP contribution in [-0.2, 0) is 0 Å². The van der Waals surface area contributed by atoms with Crippen LogP contribution in [0.5, 0.6) is 0 Å². The molecule has 0 radical (unpaired) electrons. The molecule has 1 aromatic rings. The van der Waals surface area contributed by atoms with Gasteiger partial charge in [0, 0.05) is 4.88 Å². The van der Waals surface area contributed by atoms with Gasteiger partial charge in [0.15, 0.2) is 5.78 Å². The molecule has 1 aliphatic rings. The van der Waals surface area contributed by atoms with Crippen LogP contribution >= 0.6 is 11.3 Å². The lowest BCUT2D eigenvalue weighted by Crippen LogP contribution is -2.30. The molecule has 1 unspecified atom stereocenters. The van der Waals surface area contributed by atoms with E-state index in [-0.39, 0.29) is 0 Å². The molecule has 0 bridgehead atoms. The lowest BCUT2D eigenvalue weighted by atomic mass is 9.89. The van der Waals surface area contributed by atoms with Crippen molar-refractivity contribution in [2.24, 2.45) is 11.8 Å². The van der Waals surface area contributed by atoms with Crippen molar-refractivity contribution in [3.8, 4) is 0 Å². The highest BCUT2D eigenvalue weighted by molar-refractivity contribution is 7.14. The Kier molecular flexibility index (Phi) is 5.17. The summed E-state index contributed by atoms with van der Waals surface area (Å²) in [6.45, 7) is 9.46. The summed E-state index contributed by atoms with van der Waals surface area (Å²) >= 11 is 1.62. The van der Waals surface area contributed by atoms with Crippen LogP contribution < -0.4 is 0 Å². The second-order valence-corrected chi connectivity index (χ2v) is 7.33. The number of hydrogen-bond donors (Lipinski definition) is 0. The van der Waals surface area contributed by atoms with Gasteiger partial charge in [0.05, 0.1) is 11.4 Å². The molecule has 0 amide bonds. The maximum absolute atomic E-state index is 12.2. The second kappa shape index (κ2) is 6.67. The third-order valence-corrected chi connectivity index (χ3v) is 5.23. The summed E-state index contributed by atoms with van der Waals surface area (Å²) in [6.07, 6.45) is 3.80. The molecule has 1 atom stereocenters. The Bertz CT molecular complexity index is 424. The van der Waals surface area contributed by atoms with Gasteiger partial charge in [-0.25, -0.2) is 0 Å². The Morgan fingerprint density at radius 3 is 2.79 bits per heavy atom. The van der Waals surface area contributed by atoms with Gasteiger partial charge in [0.25, 0.3) is 0 Å². The van der Waals surface area contributed by atoms with Crippen molar-refractivity contribution in [3.05, 3.63) is 21.9 Å². The fourth-order valence-corrected chi connectivity index (χ4v) is 3.67. The predicted molar refractivity (Wildman–Crippen MR) is 82.0 cm³/mol. The minimum absolute atomic E-state index is 0.293. The van der Waals surface area contributed by atoms with E-state index in [1.165, 1.54) is 24.1 Å². The average Bonchev–Trinajstić information content (AvgIpc) is 2.65. The van der Waals surface area contributed by atoms with Crippen LogP contribution in [0.15, 0.2) is 12.1 Å². The van der Waals surface area contributed by atoms with E-state index in [1.54, 1.807) is 11.3 Å². The highest BCUT2D eigenvalue weighted by atomic mass is 32.1. The van der Waals surface area contributed by atoms with Gasteiger partial charge in [0.2, 0.25) is 0 Å².